The fraction of sp³-hybridized carbons (Fsp3) is 0.200. The van der Waals surface area contributed by atoms with Gasteiger partial charge < -0.3 is 9.67 Å². The van der Waals surface area contributed by atoms with Crippen molar-refractivity contribution in [2.45, 2.75) is 19.4 Å². The van der Waals surface area contributed by atoms with Crippen LogP contribution in [0.5, 0.6) is 0 Å². The highest BCUT2D eigenvalue weighted by Crippen LogP contribution is 2.30. The predicted octanol–water partition coefficient (Wildman–Crippen LogP) is 2.22. The number of aliphatic carboxylic acids is 1. The number of rotatable bonds is 2. The van der Waals surface area contributed by atoms with Crippen LogP contribution in [0, 0.1) is 0 Å². The van der Waals surface area contributed by atoms with Gasteiger partial charge in [-0.3, -0.25) is 4.79 Å². The molecule has 1 atom stereocenters. The van der Waals surface area contributed by atoms with E-state index in [1.165, 1.54) is 11.6 Å². The number of hydrogen-bond donors (Lipinski definition) is 1. The number of hydrogen-bond acceptors (Lipinski definition) is 2. The summed E-state index contributed by atoms with van der Waals surface area (Å²) in [6, 6.07) is 7.83. The third-order valence-corrected chi connectivity index (χ3v) is 3.53. The van der Waals surface area contributed by atoms with E-state index >= 15 is 0 Å². The summed E-state index contributed by atoms with van der Waals surface area (Å²) in [4.78, 5) is 23.0. The monoisotopic (exact) mass is 255 g/mol. The number of aromatic nitrogens is 1. The van der Waals surface area contributed by atoms with Crippen molar-refractivity contribution in [3.05, 3.63) is 51.8 Å². The van der Waals surface area contributed by atoms with E-state index in [9.17, 15) is 9.59 Å². The normalized spacial score (nSPS) is 17.4. The summed E-state index contributed by atoms with van der Waals surface area (Å²) in [6.07, 6.45) is 3.21. The van der Waals surface area contributed by atoms with E-state index in [4.69, 9.17) is 5.11 Å². The molecule has 1 aliphatic rings. The smallest absolute Gasteiger partial charge is 0.328 e. The van der Waals surface area contributed by atoms with Crippen LogP contribution < -0.4 is 5.56 Å². The second-order valence-corrected chi connectivity index (χ2v) is 4.85. The molecular weight excluding hydrogens is 242 g/mol. The summed E-state index contributed by atoms with van der Waals surface area (Å²) >= 11 is 0. The molecule has 1 N–H and O–H groups in total. The first-order valence-corrected chi connectivity index (χ1v) is 6.16. The van der Waals surface area contributed by atoms with Gasteiger partial charge in [0.25, 0.3) is 5.56 Å². The second-order valence-electron chi connectivity index (χ2n) is 4.85. The summed E-state index contributed by atoms with van der Waals surface area (Å²) in [5, 5.41) is 9.65. The van der Waals surface area contributed by atoms with Crippen LogP contribution in [0.2, 0.25) is 0 Å². The number of nitrogens with zero attached hydrogens (tertiary/aromatic N) is 1. The maximum Gasteiger partial charge on any atom is 0.328 e. The first kappa shape index (κ1) is 11.7. The Morgan fingerprint density at radius 3 is 3.00 bits per heavy atom. The highest BCUT2D eigenvalue weighted by molar-refractivity contribution is 5.88. The molecule has 2 aromatic rings. The van der Waals surface area contributed by atoms with Gasteiger partial charge in [-0.2, -0.15) is 0 Å². The Bertz CT molecular complexity index is 771. The first-order valence-electron chi connectivity index (χ1n) is 6.16. The number of carbonyl (C=O) groups is 1. The van der Waals surface area contributed by atoms with E-state index in [-0.39, 0.29) is 11.6 Å². The van der Waals surface area contributed by atoms with Crippen LogP contribution in [-0.2, 0) is 11.2 Å². The second kappa shape index (κ2) is 4.09. The van der Waals surface area contributed by atoms with E-state index in [1.54, 1.807) is 10.6 Å². The lowest BCUT2D eigenvalue weighted by Crippen LogP contribution is -2.22. The van der Waals surface area contributed by atoms with E-state index in [2.05, 4.69) is 0 Å². The van der Waals surface area contributed by atoms with Crippen LogP contribution in [0.4, 0.5) is 0 Å². The average molecular weight is 255 g/mol. The Morgan fingerprint density at radius 1 is 1.47 bits per heavy atom. The zero-order valence-corrected chi connectivity index (χ0v) is 10.5. The molecule has 1 aromatic heterocycles. The average Bonchev–Trinajstić information content (AvgIpc) is 2.70. The minimum Gasteiger partial charge on any atom is -0.478 e. The molecule has 1 aliphatic heterocycles. The summed E-state index contributed by atoms with van der Waals surface area (Å²) in [5.74, 6) is -1.05. The standard InChI is InChI=1S/C15H13NO3/c1-9-7-10-3-2-4-11-8-12(5-6-13(17)18)15(19)16(9)14(10)11/h2-6,8-9H,7H2,1H3,(H,17,18)/b6-5+/t9-/m1/s1. The van der Waals surface area contributed by atoms with Gasteiger partial charge in [-0.25, -0.2) is 4.79 Å². The van der Waals surface area contributed by atoms with Crippen molar-refractivity contribution in [3.63, 3.8) is 0 Å². The molecule has 0 aliphatic carbocycles. The summed E-state index contributed by atoms with van der Waals surface area (Å²) < 4.78 is 1.77. The Hall–Kier alpha value is -2.36. The maximum absolute atomic E-state index is 12.4. The fourth-order valence-electron chi connectivity index (χ4n) is 2.77. The zero-order chi connectivity index (χ0) is 13.6. The molecular formula is C15H13NO3. The largest absolute Gasteiger partial charge is 0.478 e. The van der Waals surface area contributed by atoms with Gasteiger partial charge in [-0.05, 0) is 36.4 Å². The summed E-state index contributed by atoms with van der Waals surface area (Å²) in [6.45, 7) is 2.01. The van der Waals surface area contributed by atoms with Crippen molar-refractivity contribution in [1.82, 2.24) is 4.57 Å². The van der Waals surface area contributed by atoms with Gasteiger partial charge in [-0.15, -0.1) is 0 Å². The molecule has 4 heteroatoms. The Kier molecular flexibility index (Phi) is 2.52. The molecule has 0 bridgehead atoms. The lowest BCUT2D eigenvalue weighted by atomic mass is 10.1. The number of carboxylic acid groups (broad SMARTS) is 1. The highest BCUT2D eigenvalue weighted by Gasteiger charge is 2.22. The van der Waals surface area contributed by atoms with Crippen LogP contribution in [0.1, 0.15) is 24.1 Å². The van der Waals surface area contributed by atoms with Crippen molar-refractivity contribution in [2.24, 2.45) is 0 Å². The number of benzene rings is 1. The first-order chi connectivity index (χ1) is 9.08. The molecule has 2 heterocycles. The highest BCUT2D eigenvalue weighted by atomic mass is 16.4. The van der Waals surface area contributed by atoms with Gasteiger partial charge in [0.15, 0.2) is 0 Å². The van der Waals surface area contributed by atoms with Crippen molar-refractivity contribution >= 4 is 22.9 Å². The summed E-state index contributed by atoms with van der Waals surface area (Å²) in [7, 11) is 0. The topological polar surface area (TPSA) is 59.3 Å². The molecule has 96 valence electrons. The molecule has 0 saturated heterocycles. The molecule has 4 nitrogen and oxygen atoms in total. The van der Waals surface area contributed by atoms with Gasteiger partial charge in [0.05, 0.1) is 5.52 Å². The molecule has 3 rings (SSSR count). The van der Waals surface area contributed by atoms with Crippen LogP contribution >= 0.6 is 0 Å². The van der Waals surface area contributed by atoms with E-state index in [0.717, 1.165) is 23.4 Å². The van der Waals surface area contributed by atoms with Crippen molar-refractivity contribution in [2.75, 3.05) is 0 Å². The molecule has 0 spiro atoms. The van der Waals surface area contributed by atoms with Gasteiger partial charge in [0.1, 0.15) is 0 Å². The van der Waals surface area contributed by atoms with Gasteiger partial charge in [0, 0.05) is 17.7 Å². The molecule has 0 radical (unpaired) electrons. The van der Waals surface area contributed by atoms with E-state index in [0.29, 0.717) is 5.56 Å². The minimum absolute atomic E-state index is 0.116. The van der Waals surface area contributed by atoms with Crippen LogP contribution in [-0.4, -0.2) is 15.6 Å². The fourth-order valence-corrected chi connectivity index (χ4v) is 2.77. The minimum atomic E-state index is -1.05. The lowest BCUT2D eigenvalue weighted by molar-refractivity contribution is -0.131. The third-order valence-electron chi connectivity index (χ3n) is 3.53. The molecule has 19 heavy (non-hydrogen) atoms. The summed E-state index contributed by atoms with van der Waals surface area (Å²) in [5.41, 5.74) is 2.45. The Morgan fingerprint density at radius 2 is 2.26 bits per heavy atom. The van der Waals surface area contributed by atoms with Crippen LogP contribution in [0.3, 0.4) is 0 Å². The third kappa shape index (κ3) is 1.76. The maximum atomic E-state index is 12.4. The number of pyridine rings is 1. The lowest BCUT2D eigenvalue weighted by Gasteiger charge is -2.10. The molecule has 0 saturated carbocycles. The number of para-hydroxylation sites is 1. The molecule has 0 unspecified atom stereocenters. The van der Waals surface area contributed by atoms with Gasteiger partial charge in [-0.1, -0.05) is 18.2 Å². The van der Waals surface area contributed by atoms with Crippen molar-refractivity contribution in [3.8, 4) is 0 Å². The molecule has 0 amide bonds. The van der Waals surface area contributed by atoms with Crippen molar-refractivity contribution in [1.29, 1.82) is 0 Å². The molecule has 1 aromatic carbocycles. The molecule has 0 fully saturated rings. The van der Waals surface area contributed by atoms with Crippen molar-refractivity contribution < 1.29 is 9.90 Å². The van der Waals surface area contributed by atoms with Crippen LogP contribution in [0.25, 0.3) is 17.0 Å². The zero-order valence-electron chi connectivity index (χ0n) is 10.5. The van der Waals surface area contributed by atoms with Gasteiger partial charge >= 0.3 is 5.97 Å². The Balaban J connectivity index is 2.33. The van der Waals surface area contributed by atoms with Gasteiger partial charge in [0.2, 0.25) is 0 Å². The number of carboxylic acids is 1. The van der Waals surface area contributed by atoms with E-state index < -0.39 is 5.97 Å². The predicted molar refractivity (Wildman–Crippen MR) is 73.3 cm³/mol. The Labute approximate surface area is 109 Å². The SMILES string of the molecule is C[C@@H]1Cc2cccc3cc(/C=C/C(=O)O)c(=O)n1c23. The van der Waals surface area contributed by atoms with E-state index in [1.807, 2.05) is 25.1 Å². The van der Waals surface area contributed by atoms with Crippen LogP contribution in [0.15, 0.2) is 35.1 Å². The quantitative estimate of drug-likeness (QED) is 0.837.